The van der Waals surface area contributed by atoms with E-state index in [9.17, 15) is 5.11 Å². The second kappa shape index (κ2) is 6.78. The Morgan fingerprint density at radius 3 is 2.84 bits per heavy atom. The van der Waals surface area contributed by atoms with Crippen LogP contribution in [0.2, 0.25) is 0 Å². The van der Waals surface area contributed by atoms with Crippen LogP contribution in [-0.4, -0.2) is 36.5 Å². The Morgan fingerprint density at radius 2 is 2.11 bits per heavy atom. The Labute approximate surface area is 114 Å². The molecule has 0 radical (unpaired) electrons. The van der Waals surface area contributed by atoms with Gasteiger partial charge in [0, 0.05) is 6.04 Å². The number of unbranched alkanes of at least 4 members (excludes halogenated alkanes) is 1. The molecule has 1 heterocycles. The number of fused-ring (bicyclic) bond motifs is 1. The smallest absolute Gasteiger partial charge is 0.161 e. The summed E-state index contributed by atoms with van der Waals surface area (Å²) in [6.45, 7) is 5.43. The van der Waals surface area contributed by atoms with Crippen LogP contribution >= 0.6 is 0 Å². The fourth-order valence-corrected chi connectivity index (χ4v) is 2.15. The number of benzene rings is 1. The van der Waals surface area contributed by atoms with E-state index in [0.29, 0.717) is 12.4 Å². The highest BCUT2D eigenvalue weighted by Gasteiger charge is 2.30. The summed E-state index contributed by atoms with van der Waals surface area (Å²) in [6.07, 6.45) is 1.36. The van der Waals surface area contributed by atoms with Crippen LogP contribution in [0.25, 0.3) is 0 Å². The number of hydrogen-bond acceptors (Lipinski definition) is 4. The molecule has 2 rings (SSSR count). The molecule has 0 bridgehead atoms. The van der Waals surface area contributed by atoms with Crippen molar-refractivity contribution in [3.63, 3.8) is 0 Å². The van der Waals surface area contributed by atoms with E-state index in [0.717, 1.165) is 25.1 Å². The van der Waals surface area contributed by atoms with E-state index >= 15 is 0 Å². The number of nitrogens with one attached hydrogen (secondary N) is 1. The first-order valence-electron chi connectivity index (χ1n) is 7.02. The maximum absolute atomic E-state index is 10.3. The highest BCUT2D eigenvalue weighted by molar-refractivity contribution is 5.40. The minimum atomic E-state index is -0.579. The van der Waals surface area contributed by atoms with Crippen LogP contribution in [0.1, 0.15) is 26.7 Å². The van der Waals surface area contributed by atoms with E-state index in [1.807, 2.05) is 31.2 Å². The lowest BCUT2D eigenvalue weighted by Crippen LogP contribution is -2.50. The van der Waals surface area contributed by atoms with Crippen molar-refractivity contribution < 1.29 is 14.6 Å². The fourth-order valence-electron chi connectivity index (χ4n) is 2.15. The van der Waals surface area contributed by atoms with Gasteiger partial charge in [0.15, 0.2) is 17.6 Å². The van der Waals surface area contributed by atoms with Gasteiger partial charge in [0.25, 0.3) is 0 Å². The summed E-state index contributed by atoms with van der Waals surface area (Å²) in [6, 6.07) is 7.54. The minimum absolute atomic E-state index is 0.00888. The van der Waals surface area contributed by atoms with Crippen molar-refractivity contribution in [3.05, 3.63) is 24.3 Å². The van der Waals surface area contributed by atoms with Gasteiger partial charge in [-0.1, -0.05) is 25.5 Å². The highest BCUT2D eigenvalue weighted by atomic mass is 16.6. The predicted octanol–water partition coefficient (Wildman–Crippen LogP) is 1.97. The van der Waals surface area contributed by atoms with Crippen LogP contribution in [-0.2, 0) is 0 Å². The maximum Gasteiger partial charge on any atom is 0.161 e. The molecule has 4 heteroatoms. The molecule has 0 aliphatic carbocycles. The van der Waals surface area contributed by atoms with Crippen molar-refractivity contribution in [1.82, 2.24) is 5.32 Å². The van der Waals surface area contributed by atoms with Crippen LogP contribution in [0.15, 0.2) is 24.3 Å². The van der Waals surface area contributed by atoms with Gasteiger partial charge in [-0.2, -0.15) is 0 Å². The molecular formula is C15H23NO3. The number of para-hydroxylation sites is 2. The predicted molar refractivity (Wildman–Crippen MR) is 74.7 cm³/mol. The number of aliphatic hydroxyl groups is 1. The molecule has 0 amide bonds. The third kappa shape index (κ3) is 3.61. The number of hydrogen-bond donors (Lipinski definition) is 2. The zero-order chi connectivity index (χ0) is 13.7. The Morgan fingerprint density at radius 1 is 1.37 bits per heavy atom. The molecule has 2 N–H and O–H groups in total. The average molecular weight is 265 g/mol. The molecule has 0 saturated carbocycles. The van der Waals surface area contributed by atoms with Gasteiger partial charge in [-0.3, -0.25) is 0 Å². The van der Waals surface area contributed by atoms with Crippen molar-refractivity contribution in [1.29, 1.82) is 0 Å². The molecule has 106 valence electrons. The van der Waals surface area contributed by atoms with Crippen LogP contribution in [0.3, 0.4) is 0 Å². The lowest BCUT2D eigenvalue weighted by molar-refractivity contribution is -0.0246. The van der Waals surface area contributed by atoms with E-state index in [1.54, 1.807) is 0 Å². The summed E-state index contributed by atoms with van der Waals surface area (Å²) in [5.41, 5.74) is 0. The van der Waals surface area contributed by atoms with Gasteiger partial charge in [0.05, 0.1) is 0 Å². The topological polar surface area (TPSA) is 50.7 Å². The van der Waals surface area contributed by atoms with Crippen LogP contribution in [0, 0.1) is 0 Å². The Balaban J connectivity index is 1.89. The summed E-state index contributed by atoms with van der Waals surface area (Å²) in [5, 5.41) is 13.6. The standard InChI is InChI=1S/C15H23NO3/c1-3-4-9-16-11(2)15(17)14-10-18-12-7-5-6-8-13(12)19-14/h5-8,11,14-17H,3-4,9-10H2,1-2H3/t11-,14+,15+/m1/s1. The van der Waals surface area contributed by atoms with E-state index in [1.165, 1.54) is 0 Å². The van der Waals surface area contributed by atoms with E-state index in [-0.39, 0.29) is 12.1 Å². The van der Waals surface area contributed by atoms with Crippen molar-refractivity contribution in [2.24, 2.45) is 0 Å². The molecule has 0 aromatic heterocycles. The monoisotopic (exact) mass is 265 g/mol. The molecule has 4 nitrogen and oxygen atoms in total. The number of ether oxygens (including phenoxy) is 2. The van der Waals surface area contributed by atoms with Gasteiger partial charge in [-0.15, -0.1) is 0 Å². The van der Waals surface area contributed by atoms with Crippen molar-refractivity contribution >= 4 is 0 Å². The van der Waals surface area contributed by atoms with Crippen LogP contribution in [0.5, 0.6) is 11.5 Å². The summed E-state index contributed by atoms with van der Waals surface area (Å²) < 4.78 is 11.4. The summed E-state index contributed by atoms with van der Waals surface area (Å²) in [5.74, 6) is 1.45. The van der Waals surface area contributed by atoms with Gasteiger partial charge < -0.3 is 19.9 Å². The Kier molecular flexibility index (Phi) is 5.05. The minimum Gasteiger partial charge on any atom is -0.486 e. The maximum atomic E-state index is 10.3. The number of rotatable bonds is 6. The molecule has 19 heavy (non-hydrogen) atoms. The quantitative estimate of drug-likeness (QED) is 0.772. The number of aliphatic hydroxyl groups excluding tert-OH is 1. The molecule has 1 aliphatic heterocycles. The van der Waals surface area contributed by atoms with Gasteiger partial charge in [0.1, 0.15) is 12.7 Å². The summed E-state index contributed by atoms with van der Waals surface area (Å²) >= 11 is 0. The first kappa shape index (κ1) is 14.2. The Bertz CT molecular complexity index is 397. The second-order valence-electron chi connectivity index (χ2n) is 5.00. The lowest BCUT2D eigenvalue weighted by atomic mass is 10.1. The van der Waals surface area contributed by atoms with Crippen molar-refractivity contribution in [2.75, 3.05) is 13.2 Å². The lowest BCUT2D eigenvalue weighted by Gasteiger charge is -2.32. The van der Waals surface area contributed by atoms with Gasteiger partial charge in [-0.25, -0.2) is 0 Å². The average Bonchev–Trinajstić information content (AvgIpc) is 2.46. The molecule has 3 atom stereocenters. The van der Waals surface area contributed by atoms with E-state index < -0.39 is 6.10 Å². The van der Waals surface area contributed by atoms with Crippen LogP contribution in [0.4, 0.5) is 0 Å². The molecule has 1 aromatic carbocycles. The summed E-state index contributed by atoms with van der Waals surface area (Å²) in [7, 11) is 0. The van der Waals surface area contributed by atoms with Gasteiger partial charge >= 0.3 is 0 Å². The van der Waals surface area contributed by atoms with Crippen LogP contribution < -0.4 is 14.8 Å². The zero-order valence-electron chi connectivity index (χ0n) is 11.6. The first-order chi connectivity index (χ1) is 9.22. The first-order valence-corrected chi connectivity index (χ1v) is 7.02. The zero-order valence-corrected chi connectivity index (χ0v) is 11.6. The SMILES string of the molecule is CCCCN[C@H](C)[C@H](O)[C@@H]1COc2ccccc2O1. The summed E-state index contributed by atoms with van der Waals surface area (Å²) in [4.78, 5) is 0. The van der Waals surface area contributed by atoms with Gasteiger partial charge in [0.2, 0.25) is 0 Å². The largest absolute Gasteiger partial charge is 0.486 e. The van der Waals surface area contributed by atoms with E-state index in [4.69, 9.17) is 9.47 Å². The molecule has 1 aliphatic rings. The molecule has 1 aromatic rings. The third-order valence-electron chi connectivity index (χ3n) is 3.42. The molecule has 0 saturated heterocycles. The molecule has 0 spiro atoms. The normalized spacial score (nSPS) is 20.9. The molecule has 0 unspecified atom stereocenters. The van der Waals surface area contributed by atoms with Crippen molar-refractivity contribution in [2.45, 2.75) is 44.9 Å². The van der Waals surface area contributed by atoms with Crippen molar-refractivity contribution in [3.8, 4) is 11.5 Å². The highest BCUT2D eigenvalue weighted by Crippen LogP contribution is 2.31. The third-order valence-corrected chi connectivity index (χ3v) is 3.42. The second-order valence-corrected chi connectivity index (χ2v) is 5.00. The molecule has 0 fully saturated rings. The van der Waals surface area contributed by atoms with Gasteiger partial charge in [-0.05, 0) is 32.0 Å². The molecular weight excluding hydrogens is 242 g/mol. The Hall–Kier alpha value is -1.26. The van der Waals surface area contributed by atoms with E-state index in [2.05, 4.69) is 12.2 Å². The fraction of sp³-hybridized carbons (Fsp3) is 0.600.